The van der Waals surface area contributed by atoms with Crippen molar-refractivity contribution in [3.05, 3.63) is 59.1 Å². The van der Waals surface area contributed by atoms with Crippen LogP contribution in [0.1, 0.15) is 30.9 Å². The van der Waals surface area contributed by atoms with Gasteiger partial charge in [-0.1, -0.05) is 29.8 Å². The third kappa shape index (κ3) is 5.87. The van der Waals surface area contributed by atoms with Crippen LogP contribution in [0.3, 0.4) is 0 Å². The lowest BCUT2D eigenvalue weighted by molar-refractivity contribution is -0.198. The number of nitrogens with zero attached hydrogens (tertiary/aromatic N) is 3. The molecule has 3 aromatic rings. The molecule has 1 aromatic heterocycles. The number of carboxylic acids is 1. The Bertz CT molecular complexity index is 1420. The highest BCUT2D eigenvalue weighted by molar-refractivity contribution is 6.30. The summed E-state index contributed by atoms with van der Waals surface area (Å²) in [5.41, 5.74) is 5.97. The van der Waals surface area contributed by atoms with Crippen LogP contribution in [0.15, 0.2) is 48.5 Å². The molecule has 5 rings (SSSR count). The first-order chi connectivity index (χ1) is 18.9. The SMILES string of the molecule is Nc1nc(OC(c2ccc(Cl)cc2-c2cccc(O)c2)C(F)(F)F)cc(N2CCC3(CC2)CNC(C(=O)O)C3)n1. The second kappa shape index (κ2) is 10.7. The van der Waals surface area contributed by atoms with Gasteiger partial charge in [-0.05, 0) is 60.1 Å². The quantitative estimate of drug-likeness (QED) is 0.326. The third-order valence-corrected chi connectivity index (χ3v) is 7.74. The number of hydrogen-bond donors (Lipinski definition) is 4. The molecule has 13 heteroatoms. The van der Waals surface area contributed by atoms with E-state index in [1.807, 2.05) is 4.90 Å². The van der Waals surface area contributed by atoms with Gasteiger partial charge in [0.15, 0.2) is 0 Å². The molecule has 0 aliphatic carbocycles. The molecule has 2 atom stereocenters. The lowest BCUT2D eigenvalue weighted by Crippen LogP contribution is -2.41. The number of phenols is 1. The molecule has 40 heavy (non-hydrogen) atoms. The summed E-state index contributed by atoms with van der Waals surface area (Å²) < 4.78 is 48.8. The zero-order valence-corrected chi connectivity index (χ0v) is 21.9. The molecule has 5 N–H and O–H groups in total. The van der Waals surface area contributed by atoms with Gasteiger partial charge in [0.05, 0.1) is 0 Å². The number of benzene rings is 2. The number of alkyl halides is 3. The average molecular weight is 578 g/mol. The normalized spacial score (nSPS) is 19.5. The zero-order valence-electron chi connectivity index (χ0n) is 21.2. The van der Waals surface area contributed by atoms with Gasteiger partial charge in [0.1, 0.15) is 17.6 Å². The van der Waals surface area contributed by atoms with Gasteiger partial charge in [0.25, 0.3) is 0 Å². The standard InChI is InChI=1S/C27H27ClF3N5O4/c28-16-4-5-18(19(11-16)15-2-1-3-17(37)10-15)23(27(29,30)31)40-22-12-21(34-25(32)35-22)36-8-6-26(7-9-36)13-20(24(38)39)33-14-26/h1-5,10-12,20,23,33,37H,6-9,13-14H2,(H,38,39)(H2,32,34,35). The number of aromatic hydroxyl groups is 1. The molecule has 2 saturated heterocycles. The van der Waals surface area contributed by atoms with Crippen molar-refractivity contribution in [2.75, 3.05) is 30.3 Å². The number of aromatic nitrogens is 2. The summed E-state index contributed by atoms with van der Waals surface area (Å²) >= 11 is 6.12. The van der Waals surface area contributed by atoms with E-state index in [9.17, 15) is 28.2 Å². The van der Waals surface area contributed by atoms with Crippen molar-refractivity contribution < 1.29 is 32.9 Å². The number of anilines is 2. The van der Waals surface area contributed by atoms with E-state index in [2.05, 4.69) is 15.3 Å². The maximum atomic E-state index is 14.4. The van der Waals surface area contributed by atoms with Gasteiger partial charge in [-0.25, -0.2) is 0 Å². The number of carbonyl (C=O) groups is 1. The Morgan fingerprint density at radius 1 is 1.18 bits per heavy atom. The summed E-state index contributed by atoms with van der Waals surface area (Å²) in [6.07, 6.45) is -5.37. The summed E-state index contributed by atoms with van der Waals surface area (Å²) in [6, 6.07) is 10.5. The fourth-order valence-electron chi connectivity index (χ4n) is 5.44. The second-order valence-electron chi connectivity index (χ2n) is 10.2. The molecule has 2 fully saturated rings. The van der Waals surface area contributed by atoms with Crippen LogP contribution in [0, 0.1) is 5.41 Å². The Hall–Kier alpha value is -3.77. The highest BCUT2D eigenvalue weighted by Gasteiger charge is 2.46. The smallest absolute Gasteiger partial charge is 0.429 e. The number of nitrogens with two attached hydrogens (primary N) is 1. The van der Waals surface area contributed by atoms with Crippen LogP contribution in [-0.2, 0) is 4.79 Å². The molecule has 2 aromatic carbocycles. The fourth-order valence-corrected chi connectivity index (χ4v) is 5.62. The van der Waals surface area contributed by atoms with Gasteiger partial charge in [0, 0.05) is 36.3 Å². The number of nitrogens with one attached hydrogen (secondary N) is 1. The number of hydrogen-bond acceptors (Lipinski definition) is 8. The van der Waals surface area contributed by atoms with E-state index in [0.717, 1.165) is 0 Å². The minimum Gasteiger partial charge on any atom is -0.508 e. The molecule has 1 spiro atoms. The topological polar surface area (TPSA) is 134 Å². The number of ether oxygens (including phenoxy) is 1. The first-order valence-electron chi connectivity index (χ1n) is 12.6. The number of halogens is 4. The summed E-state index contributed by atoms with van der Waals surface area (Å²) in [6.45, 7) is 1.63. The van der Waals surface area contributed by atoms with E-state index in [1.165, 1.54) is 42.5 Å². The zero-order chi connectivity index (χ0) is 28.7. The van der Waals surface area contributed by atoms with Crippen LogP contribution < -0.4 is 20.7 Å². The van der Waals surface area contributed by atoms with Gasteiger partial charge >= 0.3 is 12.1 Å². The van der Waals surface area contributed by atoms with Crippen molar-refractivity contribution in [2.24, 2.45) is 5.41 Å². The Balaban J connectivity index is 1.41. The Morgan fingerprint density at radius 2 is 1.93 bits per heavy atom. The first kappa shape index (κ1) is 27.8. The minimum absolute atomic E-state index is 0.115. The summed E-state index contributed by atoms with van der Waals surface area (Å²) in [5.74, 6) is -1.27. The van der Waals surface area contributed by atoms with Crippen LogP contribution >= 0.6 is 11.6 Å². The Morgan fingerprint density at radius 3 is 2.58 bits per heavy atom. The van der Waals surface area contributed by atoms with Crippen molar-refractivity contribution in [3.63, 3.8) is 0 Å². The summed E-state index contributed by atoms with van der Waals surface area (Å²) in [4.78, 5) is 21.4. The molecule has 212 valence electrons. The van der Waals surface area contributed by atoms with Crippen molar-refractivity contribution in [1.82, 2.24) is 15.3 Å². The van der Waals surface area contributed by atoms with Gasteiger partial charge < -0.3 is 30.9 Å². The van der Waals surface area contributed by atoms with Crippen LogP contribution in [0.5, 0.6) is 11.6 Å². The molecule has 0 amide bonds. The fraction of sp³-hybridized carbons (Fsp3) is 0.370. The monoisotopic (exact) mass is 577 g/mol. The van der Waals surface area contributed by atoms with E-state index < -0.39 is 24.3 Å². The number of carboxylic acid groups (broad SMARTS) is 1. The van der Waals surface area contributed by atoms with Gasteiger partial charge in [-0.3, -0.25) is 4.79 Å². The number of piperidine rings is 1. The molecular weight excluding hydrogens is 551 g/mol. The van der Waals surface area contributed by atoms with Crippen molar-refractivity contribution >= 4 is 29.3 Å². The molecule has 3 heterocycles. The van der Waals surface area contributed by atoms with E-state index in [-0.39, 0.29) is 39.1 Å². The molecule has 2 unspecified atom stereocenters. The molecular formula is C27H27ClF3N5O4. The van der Waals surface area contributed by atoms with Gasteiger partial charge in [-0.15, -0.1) is 0 Å². The number of aliphatic carboxylic acids is 1. The highest BCUT2D eigenvalue weighted by atomic mass is 35.5. The maximum absolute atomic E-state index is 14.4. The largest absolute Gasteiger partial charge is 0.508 e. The van der Waals surface area contributed by atoms with Crippen molar-refractivity contribution in [2.45, 2.75) is 37.6 Å². The molecule has 0 saturated carbocycles. The van der Waals surface area contributed by atoms with Crippen LogP contribution in [0.4, 0.5) is 24.9 Å². The lowest BCUT2D eigenvalue weighted by atomic mass is 9.76. The van der Waals surface area contributed by atoms with Gasteiger partial charge in [0.2, 0.25) is 17.9 Å². The van der Waals surface area contributed by atoms with Crippen molar-refractivity contribution in [1.29, 1.82) is 0 Å². The van der Waals surface area contributed by atoms with E-state index in [4.69, 9.17) is 22.1 Å². The average Bonchev–Trinajstić information content (AvgIpc) is 3.31. The predicted octanol–water partition coefficient (Wildman–Crippen LogP) is 4.80. The van der Waals surface area contributed by atoms with Gasteiger partial charge in [-0.2, -0.15) is 23.1 Å². The van der Waals surface area contributed by atoms with E-state index >= 15 is 0 Å². The molecule has 0 radical (unpaired) electrons. The van der Waals surface area contributed by atoms with Crippen LogP contribution in [0.2, 0.25) is 5.02 Å². The maximum Gasteiger partial charge on any atom is 0.429 e. The third-order valence-electron chi connectivity index (χ3n) is 7.50. The molecule has 2 aliphatic rings. The minimum atomic E-state index is -4.84. The molecule has 9 nitrogen and oxygen atoms in total. The predicted molar refractivity (Wildman–Crippen MR) is 142 cm³/mol. The van der Waals surface area contributed by atoms with E-state index in [0.29, 0.717) is 50.3 Å². The second-order valence-corrected chi connectivity index (χ2v) is 10.6. The number of phenolic OH excluding ortho intramolecular Hbond substituents is 1. The Labute approximate surface area is 232 Å². The summed E-state index contributed by atoms with van der Waals surface area (Å²) in [5, 5.41) is 22.5. The van der Waals surface area contributed by atoms with Crippen LogP contribution in [-0.4, -0.2) is 58.0 Å². The number of rotatable bonds is 6. The molecule has 2 aliphatic heterocycles. The highest BCUT2D eigenvalue weighted by Crippen LogP contribution is 2.43. The van der Waals surface area contributed by atoms with Crippen molar-refractivity contribution in [3.8, 4) is 22.8 Å². The molecule has 0 bridgehead atoms. The van der Waals surface area contributed by atoms with E-state index in [1.54, 1.807) is 6.07 Å². The van der Waals surface area contributed by atoms with Crippen LogP contribution in [0.25, 0.3) is 11.1 Å². The summed E-state index contributed by atoms with van der Waals surface area (Å²) in [7, 11) is 0. The Kier molecular flexibility index (Phi) is 7.40. The lowest BCUT2D eigenvalue weighted by Gasteiger charge is -2.39. The first-order valence-corrected chi connectivity index (χ1v) is 13.0. The number of nitrogen functional groups attached to an aromatic ring is 1.